The summed E-state index contributed by atoms with van der Waals surface area (Å²) in [6.07, 6.45) is 1.29. The zero-order valence-electron chi connectivity index (χ0n) is 14.7. The molecule has 29 heavy (non-hydrogen) atoms. The second-order valence-electron chi connectivity index (χ2n) is 5.77. The Morgan fingerprint density at radius 2 is 1.76 bits per heavy atom. The first-order chi connectivity index (χ1) is 13.9. The van der Waals surface area contributed by atoms with Gasteiger partial charge in [-0.1, -0.05) is 41.9 Å². The minimum absolute atomic E-state index is 0.229. The molecule has 1 aromatic heterocycles. The van der Waals surface area contributed by atoms with Gasteiger partial charge >= 0.3 is 5.97 Å². The van der Waals surface area contributed by atoms with Crippen LogP contribution in [0.5, 0.6) is 0 Å². The molecule has 0 aliphatic heterocycles. The number of benzene rings is 2. The van der Waals surface area contributed by atoms with Crippen molar-refractivity contribution in [3.8, 4) is 10.4 Å². The molecule has 0 saturated heterocycles. The second kappa shape index (κ2) is 8.68. The van der Waals surface area contributed by atoms with Gasteiger partial charge < -0.3 is 10.4 Å². The first kappa shape index (κ1) is 20.2. The molecule has 0 aliphatic rings. The Bertz CT molecular complexity index is 1140. The number of hydrogen-bond donors (Lipinski definition) is 2. The average Bonchev–Trinajstić information content (AvgIpc) is 3.16. The van der Waals surface area contributed by atoms with E-state index in [4.69, 9.17) is 11.6 Å². The van der Waals surface area contributed by atoms with Crippen molar-refractivity contribution in [2.75, 3.05) is 0 Å². The molecule has 0 atom stereocenters. The van der Waals surface area contributed by atoms with Crippen LogP contribution in [0.15, 0.2) is 66.4 Å². The van der Waals surface area contributed by atoms with Crippen LogP contribution in [0.25, 0.3) is 16.5 Å². The van der Waals surface area contributed by atoms with Gasteiger partial charge in [-0.3, -0.25) is 14.9 Å². The van der Waals surface area contributed by atoms with Gasteiger partial charge in [0.1, 0.15) is 11.3 Å². The van der Waals surface area contributed by atoms with Crippen LogP contribution in [-0.2, 0) is 4.79 Å². The molecule has 0 saturated carbocycles. The molecule has 3 rings (SSSR count). The van der Waals surface area contributed by atoms with Crippen LogP contribution in [0.4, 0.5) is 5.69 Å². The fraction of sp³-hybridized carbons (Fsp3) is 0. The first-order valence-corrected chi connectivity index (χ1v) is 9.41. The number of nitro groups is 1. The van der Waals surface area contributed by atoms with Gasteiger partial charge in [-0.2, -0.15) is 0 Å². The number of nitrogens with one attached hydrogen (secondary N) is 1. The van der Waals surface area contributed by atoms with Crippen molar-refractivity contribution in [1.82, 2.24) is 5.32 Å². The van der Waals surface area contributed by atoms with Gasteiger partial charge in [0, 0.05) is 26.4 Å². The van der Waals surface area contributed by atoms with Gasteiger partial charge in [0.25, 0.3) is 11.6 Å². The molecule has 0 radical (unpaired) electrons. The Balaban J connectivity index is 1.89. The van der Waals surface area contributed by atoms with E-state index in [2.05, 4.69) is 5.32 Å². The largest absolute Gasteiger partial charge is 0.477 e. The maximum Gasteiger partial charge on any atom is 0.352 e. The molecule has 0 unspecified atom stereocenters. The summed E-state index contributed by atoms with van der Waals surface area (Å²) in [7, 11) is 0. The smallest absolute Gasteiger partial charge is 0.352 e. The van der Waals surface area contributed by atoms with E-state index in [-0.39, 0.29) is 5.56 Å². The monoisotopic (exact) mass is 428 g/mol. The highest BCUT2D eigenvalue weighted by Crippen LogP contribution is 2.33. The van der Waals surface area contributed by atoms with Gasteiger partial charge in [0.2, 0.25) is 0 Å². The van der Waals surface area contributed by atoms with Crippen molar-refractivity contribution in [3.63, 3.8) is 0 Å². The molecular weight excluding hydrogens is 416 g/mol. The van der Waals surface area contributed by atoms with Crippen molar-refractivity contribution < 1.29 is 19.6 Å². The molecule has 146 valence electrons. The lowest BCUT2D eigenvalue weighted by atomic mass is 10.1. The highest BCUT2D eigenvalue weighted by Gasteiger charge is 2.21. The quantitative estimate of drug-likeness (QED) is 0.332. The molecule has 0 aliphatic carbocycles. The predicted molar refractivity (Wildman–Crippen MR) is 111 cm³/mol. The molecule has 0 fully saturated rings. The molecule has 1 heterocycles. The third kappa shape index (κ3) is 4.68. The molecular formula is C20H13ClN2O5S. The maximum atomic E-state index is 12.4. The minimum Gasteiger partial charge on any atom is -0.477 e. The molecule has 7 nitrogen and oxygen atoms in total. The summed E-state index contributed by atoms with van der Waals surface area (Å²) in [5, 5.41) is 23.3. The first-order valence-electron chi connectivity index (χ1n) is 8.21. The molecule has 2 N–H and O–H groups in total. The number of hydrogen-bond acceptors (Lipinski definition) is 5. The van der Waals surface area contributed by atoms with Crippen molar-refractivity contribution in [2.24, 2.45) is 0 Å². The Kier molecular flexibility index (Phi) is 6.06. The molecule has 0 spiro atoms. The summed E-state index contributed by atoms with van der Waals surface area (Å²) in [4.78, 5) is 35.8. The van der Waals surface area contributed by atoms with Gasteiger partial charge in [-0.05, 0) is 30.3 Å². The number of carboxylic acids is 1. The van der Waals surface area contributed by atoms with Crippen LogP contribution in [0.2, 0.25) is 5.02 Å². The molecule has 9 heteroatoms. The standard InChI is InChI=1S/C20H13ClN2O5S/c21-15-7-3-1-5-13(15)18-10-9-12(29-18)11-16(20(25)26)22-19(24)14-6-2-4-8-17(14)23(27)28/h1-11H,(H,22,24)(H,25,26)/b16-11+. The Labute approximate surface area is 174 Å². The maximum absolute atomic E-state index is 12.4. The summed E-state index contributed by atoms with van der Waals surface area (Å²) >= 11 is 7.48. The van der Waals surface area contributed by atoms with Crippen LogP contribution in [0, 0.1) is 10.1 Å². The van der Waals surface area contributed by atoms with E-state index >= 15 is 0 Å². The number of carbonyl (C=O) groups excluding carboxylic acids is 1. The highest BCUT2D eigenvalue weighted by atomic mass is 35.5. The van der Waals surface area contributed by atoms with Crippen LogP contribution in [-0.4, -0.2) is 21.9 Å². The number of carboxylic acid groups (broad SMARTS) is 1. The van der Waals surface area contributed by atoms with E-state index in [1.807, 2.05) is 12.1 Å². The number of halogens is 1. The van der Waals surface area contributed by atoms with E-state index in [1.54, 1.807) is 24.3 Å². The summed E-state index contributed by atoms with van der Waals surface area (Å²) in [6, 6.07) is 16.0. The minimum atomic E-state index is -1.37. The van der Waals surface area contributed by atoms with Crippen molar-refractivity contribution in [2.45, 2.75) is 0 Å². The van der Waals surface area contributed by atoms with Crippen LogP contribution in [0.3, 0.4) is 0 Å². The third-order valence-electron chi connectivity index (χ3n) is 3.88. The second-order valence-corrected chi connectivity index (χ2v) is 7.30. The molecule has 1 amide bonds. The Morgan fingerprint density at radius 1 is 1.07 bits per heavy atom. The van der Waals surface area contributed by atoms with E-state index in [0.717, 1.165) is 10.4 Å². The lowest BCUT2D eigenvalue weighted by Crippen LogP contribution is -2.27. The Morgan fingerprint density at radius 3 is 2.45 bits per heavy atom. The van der Waals surface area contributed by atoms with Gasteiger partial charge in [0.05, 0.1) is 4.92 Å². The Hall–Kier alpha value is -3.49. The summed E-state index contributed by atoms with van der Waals surface area (Å²) in [5.41, 5.74) is -0.236. The lowest BCUT2D eigenvalue weighted by molar-refractivity contribution is -0.385. The zero-order valence-corrected chi connectivity index (χ0v) is 16.2. The van der Waals surface area contributed by atoms with E-state index < -0.39 is 28.2 Å². The van der Waals surface area contributed by atoms with E-state index in [9.17, 15) is 24.8 Å². The van der Waals surface area contributed by atoms with Crippen LogP contribution >= 0.6 is 22.9 Å². The summed E-state index contributed by atoms with van der Waals surface area (Å²) < 4.78 is 0. The summed E-state index contributed by atoms with van der Waals surface area (Å²) in [6.45, 7) is 0. The zero-order chi connectivity index (χ0) is 21.0. The topological polar surface area (TPSA) is 110 Å². The van der Waals surface area contributed by atoms with Crippen LogP contribution < -0.4 is 5.32 Å². The summed E-state index contributed by atoms with van der Waals surface area (Å²) in [5.74, 6) is -2.25. The average molecular weight is 429 g/mol. The van der Waals surface area contributed by atoms with Crippen molar-refractivity contribution >= 4 is 46.6 Å². The van der Waals surface area contributed by atoms with Crippen molar-refractivity contribution in [1.29, 1.82) is 0 Å². The van der Waals surface area contributed by atoms with E-state index in [0.29, 0.717) is 9.90 Å². The number of carbonyl (C=O) groups is 2. The predicted octanol–water partition coefficient (Wildman–Crippen LogP) is 4.83. The van der Waals surface area contributed by atoms with Crippen LogP contribution in [0.1, 0.15) is 15.2 Å². The molecule has 2 aromatic carbocycles. The van der Waals surface area contributed by atoms with E-state index in [1.165, 1.54) is 41.7 Å². The molecule has 0 bridgehead atoms. The molecule has 3 aromatic rings. The number of nitro benzene ring substituents is 1. The number of rotatable bonds is 6. The van der Waals surface area contributed by atoms with Gasteiger partial charge in [0.15, 0.2) is 0 Å². The normalized spacial score (nSPS) is 11.1. The number of aliphatic carboxylic acids is 1. The third-order valence-corrected chi connectivity index (χ3v) is 5.27. The van der Waals surface area contributed by atoms with Gasteiger partial charge in [-0.15, -0.1) is 11.3 Å². The lowest BCUT2D eigenvalue weighted by Gasteiger charge is -2.06. The number of amides is 1. The highest BCUT2D eigenvalue weighted by molar-refractivity contribution is 7.16. The number of nitrogens with zero attached hydrogens (tertiary/aromatic N) is 1. The number of thiophene rings is 1. The van der Waals surface area contributed by atoms with Crippen molar-refractivity contribution in [3.05, 3.63) is 91.9 Å². The fourth-order valence-corrected chi connectivity index (χ4v) is 3.83. The van der Waals surface area contributed by atoms with Gasteiger partial charge in [-0.25, -0.2) is 4.79 Å². The fourth-order valence-electron chi connectivity index (χ4n) is 2.54. The SMILES string of the molecule is O=C(O)/C(=C\c1ccc(-c2ccccc2Cl)s1)NC(=O)c1ccccc1[N+](=O)[O-]. The number of para-hydroxylation sites is 1.